The molecule has 2 aromatic rings. The van der Waals surface area contributed by atoms with Crippen LogP contribution >= 0.6 is 0 Å². The van der Waals surface area contributed by atoms with E-state index in [0.717, 1.165) is 24.3 Å². The highest BCUT2D eigenvalue weighted by molar-refractivity contribution is 5.99. The van der Waals surface area contributed by atoms with Crippen LogP contribution in [0.2, 0.25) is 0 Å². The van der Waals surface area contributed by atoms with Crippen LogP contribution in [0.1, 0.15) is 35.2 Å². The first kappa shape index (κ1) is 16.3. The van der Waals surface area contributed by atoms with Gasteiger partial charge in [-0.1, -0.05) is 12.1 Å². The lowest BCUT2D eigenvalue weighted by Crippen LogP contribution is -2.29. The lowest BCUT2D eigenvalue weighted by atomic mass is 10.1. The minimum Gasteiger partial charge on any atom is -0.380 e. The van der Waals surface area contributed by atoms with Crippen LogP contribution in [0.3, 0.4) is 0 Å². The quantitative estimate of drug-likeness (QED) is 0.883. The van der Waals surface area contributed by atoms with Crippen molar-refractivity contribution in [2.24, 2.45) is 5.73 Å². The molecule has 1 heterocycles. The summed E-state index contributed by atoms with van der Waals surface area (Å²) in [5.74, 6) is -0.736. The van der Waals surface area contributed by atoms with Crippen molar-refractivity contribution in [2.45, 2.75) is 25.8 Å². The molecule has 0 bridgehead atoms. The number of hydrogen-bond donors (Lipinski definition) is 2. The standard InChI is InChI=1S/C19H22FN3O/c20-15-6-4-5-14(11-15)13-22-18-8-7-16(12-17(18)19(21)24)23-9-2-1-3-10-23/h4-8,11-12,22H,1-3,9-10,13H2,(H2,21,24). The van der Waals surface area contributed by atoms with E-state index >= 15 is 0 Å². The average Bonchev–Trinajstić information content (AvgIpc) is 2.60. The largest absolute Gasteiger partial charge is 0.380 e. The second-order valence-electron chi connectivity index (χ2n) is 6.13. The highest BCUT2D eigenvalue weighted by atomic mass is 19.1. The molecule has 5 heteroatoms. The number of carbonyl (C=O) groups is 1. The maximum atomic E-state index is 13.3. The molecule has 1 saturated heterocycles. The first-order valence-corrected chi connectivity index (χ1v) is 8.30. The van der Waals surface area contributed by atoms with Gasteiger partial charge in [0.25, 0.3) is 5.91 Å². The number of piperidine rings is 1. The van der Waals surface area contributed by atoms with E-state index in [0.29, 0.717) is 17.8 Å². The topological polar surface area (TPSA) is 58.4 Å². The number of benzene rings is 2. The molecule has 24 heavy (non-hydrogen) atoms. The molecule has 126 valence electrons. The smallest absolute Gasteiger partial charge is 0.250 e. The Balaban J connectivity index is 1.78. The summed E-state index contributed by atoms with van der Waals surface area (Å²) in [6.45, 7) is 2.45. The van der Waals surface area contributed by atoms with E-state index in [9.17, 15) is 9.18 Å². The summed E-state index contributed by atoms with van der Waals surface area (Å²) in [6.07, 6.45) is 3.60. The SMILES string of the molecule is NC(=O)c1cc(N2CCCCC2)ccc1NCc1cccc(F)c1. The number of nitrogens with zero attached hydrogens (tertiary/aromatic N) is 1. The molecular formula is C19H22FN3O. The maximum absolute atomic E-state index is 13.3. The number of primary amides is 1. The fourth-order valence-corrected chi connectivity index (χ4v) is 3.08. The molecule has 1 aliphatic heterocycles. The van der Waals surface area contributed by atoms with E-state index in [-0.39, 0.29) is 5.82 Å². The molecule has 2 aromatic carbocycles. The molecule has 1 fully saturated rings. The Morgan fingerprint density at radius 3 is 2.62 bits per heavy atom. The van der Waals surface area contributed by atoms with Crippen molar-refractivity contribution in [1.29, 1.82) is 0 Å². The fourth-order valence-electron chi connectivity index (χ4n) is 3.08. The normalized spacial score (nSPS) is 14.5. The third kappa shape index (κ3) is 3.85. The van der Waals surface area contributed by atoms with Gasteiger partial charge in [-0.25, -0.2) is 4.39 Å². The number of nitrogens with one attached hydrogen (secondary N) is 1. The van der Waals surface area contributed by atoms with Crippen molar-refractivity contribution >= 4 is 17.3 Å². The number of nitrogens with two attached hydrogens (primary N) is 1. The van der Waals surface area contributed by atoms with Crippen molar-refractivity contribution in [3.8, 4) is 0 Å². The van der Waals surface area contributed by atoms with E-state index in [1.54, 1.807) is 6.07 Å². The molecule has 0 atom stereocenters. The Labute approximate surface area is 141 Å². The van der Waals surface area contributed by atoms with Crippen molar-refractivity contribution < 1.29 is 9.18 Å². The Bertz CT molecular complexity index is 726. The first-order chi connectivity index (χ1) is 11.6. The highest BCUT2D eigenvalue weighted by Crippen LogP contribution is 2.26. The van der Waals surface area contributed by atoms with Crippen molar-refractivity contribution in [2.75, 3.05) is 23.3 Å². The summed E-state index contributed by atoms with van der Waals surface area (Å²) < 4.78 is 13.3. The van der Waals surface area contributed by atoms with E-state index in [1.807, 2.05) is 24.3 Å². The maximum Gasteiger partial charge on any atom is 0.250 e. The second-order valence-corrected chi connectivity index (χ2v) is 6.13. The Morgan fingerprint density at radius 1 is 1.12 bits per heavy atom. The fraction of sp³-hybridized carbons (Fsp3) is 0.316. The molecule has 0 radical (unpaired) electrons. The molecule has 0 spiro atoms. The molecule has 0 aliphatic carbocycles. The number of halogens is 1. The predicted octanol–water partition coefficient (Wildman–Crippen LogP) is 3.53. The monoisotopic (exact) mass is 327 g/mol. The van der Waals surface area contributed by atoms with Gasteiger partial charge in [-0.2, -0.15) is 0 Å². The zero-order chi connectivity index (χ0) is 16.9. The second kappa shape index (κ2) is 7.34. The summed E-state index contributed by atoms with van der Waals surface area (Å²) >= 11 is 0. The van der Waals surface area contributed by atoms with E-state index in [2.05, 4.69) is 10.2 Å². The predicted molar refractivity (Wildman–Crippen MR) is 94.8 cm³/mol. The zero-order valence-corrected chi connectivity index (χ0v) is 13.6. The molecule has 1 aliphatic rings. The van der Waals surface area contributed by atoms with Gasteiger partial charge in [0.2, 0.25) is 0 Å². The lowest BCUT2D eigenvalue weighted by molar-refractivity contribution is 0.100. The van der Waals surface area contributed by atoms with Gasteiger partial charge in [-0.15, -0.1) is 0 Å². The number of anilines is 2. The van der Waals surface area contributed by atoms with Gasteiger partial charge in [-0.3, -0.25) is 4.79 Å². The summed E-state index contributed by atoms with van der Waals surface area (Å²) in [5, 5.41) is 3.18. The van der Waals surface area contributed by atoms with Crippen LogP contribution in [0.5, 0.6) is 0 Å². The van der Waals surface area contributed by atoms with Gasteiger partial charge >= 0.3 is 0 Å². The number of carbonyl (C=O) groups excluding carboxylic acids is 1. The highest BCUT2D eigenvalue weighted by Gasteiger charge is 2.15. The van der Waals surface area contributed by atoms with Crippen molar-refractivity contribution in [1.82, 2.24) is 0 Å². The van der Waals surface area contributed by atoms with Crippen molar-refractivity contribution in [3.63, 3.8) is 0 Å². The Kier molecular flexibility index (Phi) is 4.99. The molecule has 1 amide bonds. The molecule has 0 unspecified atom stereocenters. The first-order valence-electron chi connectivity index (χ1n) is 8.30. The molecule has 0 aromatic heterocycles. The van der Waals surface area contributed by atoms with Crippen LogP contribution in [-0.4, -0.2) is 19.0 Å². The third-order valence-corrected chi connectivity index (χ3v) is 4.36. The molecule has 3 N–H and O–H groups in total. The number of rotatable bonds is 5. The van der Waals surface area contributed by atoms with Gasteiger partial charge in [-0.05, 0) is 55.2 Å². The Morgan fingerprint density at radius 2 is 1.92 bits per heavy atom. The summed E-state index contributed by atoms with van der Waals surface area (Å²) in [6, 6.07) is 12.1. The van der Waals surface area contributed by atoms with Gasteiger partial charge in [0.1, 0.15) is 5.82 Å². The average molecular weight is 327 g/mol. The van der Waals surface area contributed by atoms with Crippen LogP contribution in [0.25, 0.3) is 0 Å². The van der Waals surface area contributed by atoms with E-state index in [4.69, 9.17) is 5.73 Å². The zero-order valence-electron chi connectivity index (χ0n) is 13.6. The van der Waals surface area contributed by atoms with Crippen LogP contribution in [0.15, 0.2) is 42.5 Å². The minimum absolute atomic E-state index is 0.273. The summed E-state index contributed by atoms with van der Waals surface area (Å²) in [7, 11) is 0. The number of amides is 1. The molecule has 3 rings (SSSR count). The van der Waals surface area contributed by atoms with Gasteiger partial charge in [0.05, 0.1) is 5.56 Å². The minimum atomic E-state index is -0.462. The van der Waals surface area contributed by atoms with Gasteiger partial charge < -0.3 is 16.0 Å². The van der Waals surface area contributed by atoms with Crippen LogP contribution < -0.4 is 16.0 Å². The summed E-state index contributed by atoms with van der Waals surface area (Å²) in [4.78, 5) is 14.1. The van der Waals surface area contributed by atoms with Crippen LogP contribution in [0, 0.1) is 5.82 Å². The summed E-state index contributed by atoms with van der Waals surface area (Å²) in [5.41, 5.74) is 8.53. The molecular weight excluding hydrogens is 305 g/mol. The Hall–Kier alpha value is -2.56. The number of hydrogen-bond acceptors (Lipinski definition) is 3. The van der Waals surface area contributed by atoms with Gasteiger partial charge in [0.15, 0.2) is 0 Å². The van der Waals surface area contributed by atoms with Crippen molar-refractivity contribution in [3.05, 3.63) is 59.4 Å². The van der Waals surface area contributed by atoms with E-state index < -0.39 is 5.91 Å². The van der Waals surface area contributed by atoms with Gasteiger partial charge in [0, 0.05) is 31.0 Å². The molecule has 0 saturated carbocycles. The molecule has 4 nitrogen and oxygen atoms in total. The van der Waals surface area contributed by atoms with E-state index in [1.165, 1.54) is 31.4 Å². The third-order valence-electron chi connectivity index (χ3n) is 4.36. The van der Waals surface area contributed by atoms with Crippen LogP contribution in [-0.2, 0) is 6.54 Å². The van der Waals surface area contributed by atoms with Crippen LogP contribution in [0.4, 0.5) is 15.8 Å². The lowest BCUT2D eigenvalue weighted by Gasteiger charge is -2.29.